The van der Waals surface area contributed by atoms with Crippen LogP contribution in [0, 0.1) is 19.3 Å². The van der Waals surface area contributed by atoms with Crippen LogP contribution < -0.4 is 10.5 Å². The lowest BCUT2D eigenvalue weighted by Crippen LogP contribution is -2.50. The molecule has 2 unspecified atom stereocenters. The molecule has 0 bridgehead atoms. The number of ether oxygens (including phenoxy) is 2. The Hall–Kier alpha value is -2.96. The summed E-state index contributed by atoms with van der Waals surface area (Å²) < 4.78 is 52.6. The minimum Gasteiger partial charge on any atom is -0.493 e. The fraction of sp³-hybridized carbons (Fsp3) is 0.576. The first-order chi connectivity index (χ1) is 20.0. The molecule has 3 N–H and O–H groups in total. The average molecular weight is 633 g/mol. The molecular formula is C33H52ClF3N2O4. The lowest BCUT2D eigenvalue weighted by molar-refractivity contribution is -0.266. The van der Waals surface area contributed by atoms with Crippen LogP contribution in [0.4, 0.5) is 13.2 Å². The zero-order valence-corrected chi connectivity index (χ0v) is 28.5. The number of nitrogens with zero attached hydrogens (tertiary/aromatic N) is 1. The van der Waals surface area contributed by atoms with Crippen LogP contribution in [0.3, 0.4) is 0 Å². The first kappa shape index (κ1) is 44.5. The molecule has 1 aromatic rings. The number of carbonyl (C=O) groups excluding carboxylic acids is 1. The number of methoxy groups -OCH3 is 1. The summed E-state index contributed by atoms with van der Waals surface area (Å²) >= 11 is 6.24. The Morgan fingerprint density at radius 2 is 1.74 bits per heavy atom. The van der Waals surface area contributed by atoms with E-state index in [1.165, 1.54) is 19.4 Å². The maximum Gasteiger partial charge on any atom is 0.417 e. The van der Waals surface area contributed by atoms with Gasteiger partial charge in [0.2, 0.25) is 0 Å². The van der Waals surface area contributed by atoms with Crippen molar-refractivity contribution in [2.45, 2.75) is 112 Å². The van der Waals surface area contributed by atoms with E-state index >= 15 is 0 Å². The number of esters is 1. The molecule has 0 heterocycles. The highest BCUT2D eigenvalue weighted by atomic mass is 35.5. The third-order valence-electron chi connectivity index (χ3n) is 6.09. The van der Waals surface area contributed by atoms with Gasteiger partial charge >= 0.3 is 12.1 Å². The van der Waals surface area contributed by atoms with Crippen molar-refractivity contribution in [3.63, 3.8) is 0 Å². The third kappa shape index (κ3) is 15.9. The van der Waals surface area contributed by atoms with Crippen LogP contribution in [0.5, 0.6) is 5.75 Å². The molecule has 0 amide bonds. The SMILES string of the molecule is C#CC.CC.CC=NC(/C=C(\N)CC(O)(CC(C)(CC)c1cc(Cl)cc(C)c1OCC)C(F)(F)F)=C\C.CCC(=O)OC. The lowest BCUT2D eigenvalue weighted by Gasteiger charge is -2.40. The predicted molar refractivity (Wildman–Crippen MR) is 174 cm³/mol. The average Bonchev–Trinajstić information content (AvgIpc) is 2.94. The van der Waals surface area contributed by atoms with E-state index in [4.69, 9.17) is 22.1 Å². The van der Waals surface area contributed by atoms with Crippen LogP contribution in [0.1, 0.15) is 99.1 Å². The monoisotopic (exact) mass is 632 g/mol. The molecule has 0 saturated heterocycles. The maximum atomic E-state index is 14.2. The highest BCUT2D eigenvalue weighted by Gasteiger charge is 2.56. The number of nitrogens with two attached hydrogens (primary N) is 1. The van der Waals surface area contributed by atoms with E-state index < -0.39 is 30.0 Å². The topological polar surface area (TPSA) is 94.1 Å². The molecular weight excluding hydrogens is 581 g/mol. The largest absolute Gasteiger partial charge is 0.493 e. The van der Waals surface area contributed by atoms with E-state index in [1.54, 1.807) is 73.6 Å². The molecule has 246 valence electrons. The van der Waals surface area contributed by atoms with Crippen molar-refractivity contribution in [3.05, 3.63) is 51.8 Å². The summed E-state index contributed by atoms with van der Waals surface area (Å²) in [6, 6.07) is 3.32. The number of aryl methyl sites for hydroxylation is 1. The van der Waals surface area contributed by atoms with E-state index in [-0.39, 0.29) is 11.7 Å². The Bertz CT molecular complexity index is 1090. The van der Waals surface area contributed by atoms with Gasteiger partial charge in [-0.15, -0.1) is 12.3 Å². The Kier molecular flexibility index (Phi) is 23.3. The first-order valence-electron chi connectivity index (χ1n) is 14.3. The van der Waals surface area contributed by atoms with Crippen LogP contribution in [0.25, 0.3) is 0 Å². The number of aliphatic hydroxyl groups is 1. The minimum absolute atomic E-state index is 0.116. The fourth-order valence-electron chi connectivity index (χ4n) is 3.90. The van der Waals surface area contributed by atoms with Gasteiger partial charge in [-0.3, -0.25) is 9.79 Å². The van der Waals surface area contributed by atoms with Crippen LogP contribution in [-0.2, 0) is 14.9 Å². The van der Waals surface area contributed by atoms with Gasteiger partial charge in [0.1, 0.15) is 5.75 Å². The summed E-state index contributed by atoms with van der Waals surface area (Å²) in [6.07, 6.45) is 3.55. The van der Waals surface area contributed by atoms with Crippen LogP contribution >= 0.6 is 11.6 Å². The number of aliphatic imine (C=N–C) groups is 1. The van der Waals surface area contributed by atoms with Crippen LogP contribution in [0.15, 0.2) is 40.7 Å². The summed E-state index contributed by atoms with van der Waals surface area (Å²) in [5.41, 5.74) is 3.33. The first-order valence-corrected chi connectivity index (χ1v) is 14.6. The van der Waals surface area contributed by atoms with Gasteiger partial charge in [0.05, 0.1) is 19.4 Å². The fourth-order valence-corrected chi connectivity index (χ4v) is 4.17. The molecule has 0 aromatic heterocycles. The van der Waals surface area contributed by atoms with Gasteiger partial charge in [0, 0.05) is 35.3 Å². The van der Waals surface area contributed by atoms with Gasteiger partial charge in [-0.05, 0) is 76.6 Å². The summed E-state index contributed by atoms with van der Waals surface area (Å²) in [7, 11) is 1.38. The van der Waals surface area contributed by atoms with Crippen molar-refractivity contribution in [2.24, 2.45) is 10.7 Å². The number of hydrogen-bond donors (Lipinski definition) is 2. The van der Waals surface area contributed by atoms with E-state index in [1.807, 2.05) is 13.8 Å². The van der Waals surface area contributed by atoms with Crippen molar-refractivity contribution >= 4 is 23.8 Å². The molecule has 0 fully saturated rings. The number of hydrogen-bond acceptors (Lipinski definition) is 6. The molecule has 0 aliphatic carbocycles. The highest BCUT2D eigenvalue weighted by Crippen LogP contribution is 2.48. The third-order valence-corrected chi connectivity index (χ3v) is 6.31. The molecule has 1 rings (SSSR count). The number of benzene rings is 1. The predicted octanol–water partition coefficient (Wildman–Crippen LogP) is 8.86. The Morgan fingerprint density at radius 3 is 2.09 bits per heavy atom. The summed E-state index contributed by atoms with van der Waals surface area (Å²) in [4.78, 5) is 14.0. The summed E-state index contributed by atoms with van der Waals surface area (Å²) in [6.45, 7) is 18.2. The van der Waals surface area contributed by atoms with Gasteiger partial charge in [-0.1, -0.05) is 52.3 Å². The Labute approximate surface area is 262 Å². The molecule has 0 aliphatic rings. The molecule has 1 aromatic carbocycles. The van der Waals surface area contributed by atoms with E-state index in [9.17, 15) is 23.1 Å². The second-order valence-corrected chi connectivity index (χ2v) is 9.80. The van der Waals surface area contributed by atoms with Gasteiger partial charge in [0.15, 0.2) is 5.60 Å². The number of terminal acetylenes is 1. The number of rotatable bonds is 11. The van der Waals surface area contributed by atoms with Crippen molar-refractivity contribution in [2.75, 3.05) is 13.7 Å². The zero-order valence-electron chi connectivity index (χ0n) is 27.7. The van der Waals surface area contributed by atoms with Gasteiger partial charge in [-0.25, -0.2) is 0 Å². The number of allylic oxidation sites excluding steroid dienone is 2. The second kappa shape index (κ2) is 22.6. The molecule has 10 heteroatoms. The summed E-state index contributed by atoms with van der Waals surface area (Å²) in [5, 5.41) is 11.3. The highest BCUT2D eigenvalue weighted by molar-refractivity contribution is 6.30. The molecule has 0 spiro atoms. The second-order valence-electron chi connectivity index (χ2n) is 9.37. The molecule has 0 radical (unpaired) electrons. The quantitative estimate of drug-likeness (QED) is 0.110. The van der Waals surface area contributed by atoms with Crippen molar-refractivity contribution in [3.8, 4) is 18.1 Å². The Morgan fingerprint density at radius 1 is 1.21 bits per heavy atom. The van der Waals surface area contributed by atoms with E-state index in [0.29, 0.717) is 41.5 Å². The smallest absolute Gasteiger partial charge is 0.417 e. The van der Waals surface area contributed by atoms with E-state index in [0.717, 1.165) is 5.56 Å². The molecule has 2 atom stereocenters. The molecule has 0 saturated carbocycles. The zero-order chi connectivity index (χ0) is 34.4. The van der Waals surface area contributed by atoms with Gasteiger partial charge < -0.3 is 20.3 Å². The van der Waals surface area contributed by atoms with Crippen molar-refractivity contribution < 1.29 is 32.5 Å². The number of halogens is 4. The number of alkyl halides is 3. The van der Waals surface area contributed by atoms with Gasteiger partial charge in [0.25, 0.3) is 0 Å². The minimum atomic E-state index is -4.91. The number of carbonyl (C=O) groups is 1. The van der Waals surface area contributed by atoms with Crippen molar-refractivity contribution in [1.29, 1.82) is 0 Å². The van der Waals surface area contributed by atoms with Crippen LogP contribution in [-0.4, -0.2) is 42.8 Å². The molecule has 6 nitrogen and oxygen atoms in total. The van der Waals surface area contributed by atoms with Crippen LogP contribution in [0.2, 0.25) is 5.02 Å². The summed E-state index contributed by atoms with van der Waals surface area (Å²) in [5.74, 6) is 2.58. The standard InChI is InChI=1S/C24H34ClF3N2O2.C4H8O2.C3H4.C2H6/c1-7-19(30-9-3)13-18(29)14-23(31,24(26,27)28)15-22(6,8-2)20-12-17(25)11-16(5)21(20)32-10-4;1-3-4(5)6-2;1-3-2;1-2/h7,9,11-13,31H,8,10,14-15,29H2,1-6H3;3H2,1-2H3;1H,2H3;1-2H3/b18-13-,19-7-,30-9?;;;. The van der Waals surface area contributed by atoms with Gasteiger partial charge in [-0.2, -0.15) is 13.2 Å². The van der Waals surface area contributed by atoms with Crippen molar-refractivity contribution in [1.82, 2.24) is 0 Å². The lowest BCUT2D eigenvalue weighted by atomic mass is 9.70. The molecule has 0 aliphatic heterocycles. The van der Waals surface area contributed by atoms with E-state index in [2.05, 4.69) is 22.1 Å². The normalized spacial score (nSPS) is 14.3. The molecule has 43 heavy (non-hydrogen) atoms. The Balaban J connectivity index is -0.00000125. The maximum absolute atomic E-state index is 14.2.